The first kappa shape index (κ1) is 27.6. The molecular formula is C30H35N3O4. The average molecular weight is 502 g/mol. The van der Waals surface area contributed by atoms with Crippen molar-refractivity contribution in [1.82, 2.24) is 16.1 Å². The standard InChI is InChI=1S/C30H35N3O4/c1-21(2)17-26(19-28(34)33-37)29(35)32-27(30(36)31-20-23-9-5-3-6-10-23)18-22-13-15-25(16-14-22)24-11-7-4-8-12-24/h3-16,21,26-27,37H,17-20H2,1-2H3,(H,31,36)(H,32,35)(H,33,34)/t26-,27+/m1/s1. The van der Waals surface area contributed by atoms with Crippen LogP contribution in [0, 0.1) is 11.8 Å². The summed E-state index contributed by atoms with van der Waals surface area (Å²) in [6, 6.07) is 26.6. The number of hydrogen-bond acceptors (Lipinski definition) is 4. The molecule has 0 bridgehead atoms. The van der Waals surface area contributed by atoms with E-state index in [1.807, 2.05) is 98.8 Å². The molecule has 0 aliphatic rings. The van der Waals surface area contributed by atoms with Gasteiger partial charge in [-0.25, -0.2) is 5.48 Å². The first-order chi connectivity index (χ1) is 17.9. The van der Waals surface area contributed by atoms with Crippen LogP contribution in [0.2, 0.25) is 0 Å². The number of hydroxylamine groups is 1. The van der Waals surface area contributed by atoms with E-state index in [4.69, 9.17) is 5.21 Å². The number of benzene rings is 3. The molecule has 3 aromatic rings. The Kier molecular flexibility index (Phi) is 10.4. The van der Waals surface area contributed by atoms with Crippen molar-refractivity contribution in [3.63, 3.8) is 0 Å². The highest BCUT2D eigenvalue weighted by Crippen LogP contribution is 2.20. The molecule has 0 fully saturated rings. The van der Waals surface area contributed by atoms with Crippen molar-refractivity contribution in [1.29, 1.82) is 0 Å². The first-order valence-electron chi connectivity index (χ1n) is 12.5. The molecule has 3 amide bonds. The van der Waals surface area contributed by atoms with Crippen molar-refractivity contribution in [2.45, 2.75) is 45.7 Å². The van der Waals surface area contributed by atoms with Crippen LogP contribution >= 0.6 is 0 Å². The zero-order chi connectivity index (χ0) is 26.6. The number of amides is 3. The highest BCUT2D eigenvalue weighted by molar-refractivity contribution is 5.90. The minimum Gasteiger partial charge on any atom is -0.350 e. The monoisotopic (exact) mass is 501 g/mol. The van der Waals surface area contributed by atoms with Gasteiger partial charge in [0, 0.05) is 25.3 Å². The molecule has 0 spiro atoms. The van der Waals surface area contributed by atoms with Gasteiger partial charge in [0.1, 0.15) is 6.04 Å². The second-order valence-corrected chi connectivity index (χ2v) is 9.60. The number of nitrogens with one attached hydrogen (secondary N) is 3. The summed E-state index contributed by atoms with van der Waals surface area (Å²) in [4.78, 5) is 38.2. The third-order valence-corrected chi connectivity index (χ3v) is 6.13. The minimum absolute atomic E-state index is 0.151. The SMILES string of the molecule is CC(C)C[C@H](CC(=O)NO)C(=O)N[C@@H](Cc1ccc(-c2ccccc2)cc1)C(=O)NCc1ccccc1. The molecule has 0 saturated carbocycles. The van der Waals surface area contributed by atoms with Crippen molar-refractivity contribution in [3.8, 4) is 11.1 Å². The van der Waals surface area contributed by atoms with E-state index in [0.717, 1.165) is 22.3 Å². The molecule has 7 nitrogen and oxygen atoms in total. The van der Waals surface area contributed by atoms with Crippen LogP contribution in [0.25, 0.3) is 11.1 Å². The Labute approximate surface area is 218 Å². The summed E-state index contributed by atoms with van der Waals surface area (Å²) in [5.41, 5.74) is 5.60. The Balaban J connectivity index is 1.76. The molecule has 3 aromatic carbocycles. The van der Waals surface area contributed by atoms with Crippen LogP contribution in [0.1, 0.15) is 37.8 Å². The number of hydrogen-bond donors (Lipinski definition) is 4. The number of carbonyl (C=O) groups excluding carboxylic acids is 3. The molecule has 0 unspecified atom stereocenters. The Morgan fingerprint density at radius 1 is 0.757 bits per heavy atom. The number of carbonyl (C=O) groups is 3. The minimum atomic E-state index is -0.828. The van der Waals surface area contributed by atoms with Crippen molar-refractivity contribution in [3.05, 3.63) is 96.1 Å². The molecule has 4 N–H and O–H groups in total. The summed E-state index contributed by atoms with van der Waals surface area (Å²) in [5.74, 6) is -1.85. The van der Waals surface area contributed by atoms with E-state index in [1.54, 1.807) is 5.48 Å². The van der Waals surface area contributed by atoms with Gasteiger partial charge in [0.15, 0.2) is 0 Å². The molecule has 0 saturated heterocycles. The highest BCUT2D eigenvalue weighted by atomic mass is 16.5. The molecule has 37 heavy (non-hydrogen) atoms. The molecule has 0 aliphatic carbocycles. The second kappa shape index (κ2) is 13.9. The van der Waals surface area contributed by atoms with Crippen molar-refractivity contribution in [2.75, 3.05) is 0 Å². The maximum Gasteiger partial charge on any atom is 0.244 e. The van der Waals surface area contributed by atoms with Gasteiger partial charge in [-0.3, -0.25) is 19.6 Å². The smallest absolute Gasteiger partial charge is 0.244 e. The van der Waals surface area contributed by atoms with E-state index in [0.29, 0.717) is 19.4 Å². The highest BCUT2D eigenvalue weighted by Gasteiger charge is 2.28. The average Bonchev–Trinajstić information content (AvgIpc) is 2.92. The topological polar surface area (TPSA) is 108 Å². The lowest BCUT2D eigenvalue weighted by Crippen LogP contribution is -2.50. The van der Waals surface area contributed by atoms with Gasteiger partial charge in [0.05, 0.1) is 0 Å². The Hall–Kier alpha value is -3.97. The van der Waals surface area contributed by atoms with Gasteiger partial charge in [-0.05, 0) is 34.6 Å². The van der Waals surface area contributed by atoms with Crippen LogP contribution in [0.3, 0.4) is 0 Å². The van der Waals surface area contributed by atoms with E-state index in [2.05, 4.69) is 10.6 Å². The summed E-state index contributed by atoms with van der Waals surface area (Å²) in [6.45, 7) is 4.24. The normalized spacial score (nSPS) is 12.4. The van der Waals surface area contributed by atoms with Gasteiger partial charge in [-0.2, -0.15) is 0 Å². The molecular weight excluding hydrogens is 466 g/mol. The van der Waals surface area contributed by atoms with Crippen LogP contribution in [-0.4, -0.2) is 29.0 Å². The fourth-order valence-corrected chi connectivity index (χ4v) is 4.23. The predicted molar refractivity (Wildman–Crippen MR) is 143 cm³/mol. The van der Waals surface area contributed by atoms with Gasteiger partial charge in [-0.15, -0.1) is 0 Å². The molecule has 3 rings (SSSR count). The summed E-state index contributed by atoms with van der Waals surface area (Å²) in [7, 11) is 0. The van der Waals surface area contributed by atoms with E-state index in [-0.39, 0.29) is 18.2 Å². The summed E-state index contributed by atoms with van der Waals surface area (Å²) in [5, 5.41) is 14.7. The lowest BCUT2D eigenvalue weighted by atomic mass is 9.92. The zero-order valence-corrected chi connectivity index (χ0v) is 21.3. The third-order valence-electron chi connectivity index (χ3n) is 6.13. The van der Waals surface area contributed by atoms with E-state index in [9.17, 15) is 14.4 Å². The largest absolute Gasteiger partial charge is 0.350 e. The molecule has 0 aliphatic heterocycles. The molecule has 0 radical (unpaired) electrons. The molecule has 2 atom stereocenters. The van der Waals surface area contributed by atoms with Gasteiger partial charge in [-0.1, -0.05) is 98.8 Å². The molecule has 0 heterocycles. The van der Waals surface area contributed by atoms with Gasteiger partial charge >= 0.3 is 0 Å². The van der Waals surface area contributed by atoms with Crippen molar-refractivity contribution < 1.29 is 19.6 Å². The quantitative estimate of drug-likeness (QED) is 0.220. The van der Waals surface area contributed by atoms with Crippen molar-refractivity contribution in [2.24, 2.45) is 11.8 Å². The summed E-state index contributed by atoms with van der Waals surface area (Å²) < 4.78 is 0. The fraction of sp³-hybridized carbons (Fsp3) is 0.300. The Bertz CT molecular complexity index is 1150. The van der Waals surface area contributed by atoms with E-state index >= 15 is 0 Å². The van der Waals surface area contributed by atoms with Crippen LogP contribution < -0.4 is 16.1 Å². The second-order valence-electron chi connectivity index (χ2n) is 9.60. The lowest BCUT2D eigenvalue weighted by Gasteiger charge is -2.23. The number of rotatable bonds is 12. The van der Waals surface area contributed by atoms with Crippen LogP contribution in [-0.2, 0) is 27.3 Å². The van der Waals surface area contributed by atoms with Crippen LogP contribution in [0.15, 0.2) is 84.9 Å². The Morgan fingerprint density at radius 3 is 1.95 bits per heavy atom. The van der Waals surface area contributed by atoms with Gasteiger partial charge in [0.2, 0.25) is 17.7 Å². The van der Waals surface area contributed by atoms with Crippen LogP contribution in [0.5, 0.6) is 0 Å². The third kappa shape index (κ3) is 8.88. The molecule has 194 valence electrons. The van der Waals surface area contributed by atoms with Gasteiger partial charge in [0.25, 0.3) is 0 Å². The van der Waals surface area contributed by atoms with Gasteiger partial charge < -0.3 is 10.6 Å². The van der Waals surface area contributed by atoms with Crippen LogP contribution in [0.4, 0.5) is 0 Å². The first-order valence-corrected chi connectivity index (χ1v) is 12.5. The van der Waals surface area contributed by atoms with Crippen molar-refractivity contribution >= 4 is 17.7 Å². The van der Waals surface area contributed by atoms with E-state index < -0.39 is 23.8 Å². The Morgan fingerprint density at radius 2 is 1.35 bits per heavy atom. The lowest BCUT2D eigenvalue weighted by molar-refractivity contribution is -0.136. The molecule has 0 aromatic heterocycles. The zero-order valence-electron chi connectivity index (χ0n) is 21.3. The predicted octanol–water partition coefficient (Wildman–Crippen LogP) is 4.26. The fourth-order valence-electron chi connectivity index (χ4n) is 4.23. The maximum absolute atomic E-state index is 13.2. The summed E-state index contributed by atoms with van der Waals surface area (Å²) >= 11 is 0. The maximum atomic E-state index is 13.2. The van der Waals surface area contributed by atoms with E-state index in [1.165, 1.54) is 0 Å². The summed E-state index contributed by atoms with van der Waals surface area (Å²) in [6.07, 6.45) is 0.579. The molecule has 7 heteroatoms.